The maximum Gasteiger partial charge on any atom is 0.264 e. The Balaban J connectivity index is 1.28. The van der Waals surface area contributed by atoms with Crippen LogP contribution >= 0.6 is 22.9 Å². The van der Waals surface area contributed by atoms with Gasteiger partial charge >= 0.3 is 0 Å². The van der Waals surface area contributed by atoms with Crippen LogP contribution in [0.4, 0.5) is 5.69 Å². The Morgan fingerprint density at radius 1 is 1.17 bits per heavy atom. The minimum atomic E-state index is -4.04. The number of aliphatic hydroxyl groups excluding tert-OH is 1. The number of hydrogen-bond donors (Lipinski definition) is 2. The van der Waals surface area contributed by atoms with E-state index in [2.05, 4.69) is 21.8 Å². The molecular weight excluding hydrogens is 640 g/mol. The average molecular weight is 681 g/mol. The van der Waals surface area contributed by atoms with E-state index >= 15 is 0 Å². The summed E-state index contributed by atoms with van der Waals surface area (Å²) in [5, 5.41) is 13.2. The average Bonchev–Trinajstić information content (AvgIpc) is 3.47. The number of amides is 1. The topological polar surface area (TPSA) is 95.9 Å². The molecule has 2 aliphatic heterocycles. The molecule has 4 aliphatic rings. The van der Waals surface area contributed by atoms with Crippen LogP contribution in [0.3, 0.4) is 0 Å². The summed E-state index contributed by atoms with van der Waals surface area (Å²) in [6, 6.07) is 15.3. The van der Waals surface area contributed by atoms with Crippen molar-refractivity contribution < 1.29 is 23.1 Å². The molecular formula is C36H41ClN2O5S2. The fourth-order valence-electron chi connectivity index (χ4n) is 8.04. The highest BCUT2D eigenvalue weighted by Crippen LogP contribution is 2.47. The standard InChI is InChI=1S/C36H41ClN2O5S2/c1-23-5-2-8-32(40)29-12-9-26(29)20-39-21-36(15-3-6-24-17-27(37)11-13-30(24)36)22-44-33-14-10-25(18-31(33)39)35(41)38-46(42,43)34(23)19-28-7-4-16-45-28/h2,4,7-8,10-11,13-14,16-18,23,26,29,32,34,40H,3,5-6,9,12,15,19-22H2,1H3,(H,38,41)/b8-2+/t23-,26+,29-,32+,34-,36+/m1/s1. The van der Waals surface area contributed by atoms with Crippen molar-refractivity contribution in [1.29, 1.82) is 0 Å². The Morgan fingerprint density at radius 3 is 2.83 bits per heavy atom. The van der Waals surface area contributed by atoms with Gasteiger partial charge in [0, 0.05) is 40.4 Å². The molecule has 3 heterocycles. The molecule has 2 N–H and O–H groups in total. The first kappa shape index (κ1) is 31.7. The molecule has 1 aromatic heterocycles. The number of benzene rings is 2. The minimum Gasteiger partial charge on any atom is -0.490 e. The van der Waals surface area contributed by atoms with Crippen LogP contribution in [0.1, 0.15) is 65.4 Å². The van der Waals surface area contributed by atoms with E-state index in [0.717, 1.165) is 47.7 Å². The molecule has 3 aromatic rings. The minimum absolute atomic E-state index is 0.109. The first-order valence-electron chi connectivity index (χ1n) is 16.4. The van der Waals surface area contributed by atoms with Crippen LogP contribution in [-0.4, -0.2) is 50.5 Å². The second-order valence-corrected chi connectivity index (χ2v) is 17.1. The molecule has 10 heteroatoms. The van der Waals surface area contributed by atoms with Gasteiger partial charge in [-0.25, -0.2) is 13.1 Å². The fourth-order valence-corrected chi connectivity index (χ4v) is 10.8. The van der Waals surface area contributed by atoms with Crippen LogP contribution in [-0.2, 0) is 28.3 Å². The first-order valence-corrected chi connectivity index (χ1v) is 19.2. The molecule has 0 unspecified atom stereocenters. The van der Waals surface area contributed by atoms with E-state index in [0.29, 0.717) is 38.3 Å². The van der Waals surface area contributed by atoms with Gasteiger partial charge in [0.05, 0.1) is 23.6 Å². The molecule has 46 heavy (non-hydrogen) atoms. The molecule has 2 aliphatic carbocycles. The third-order valence-corrected chi connectivity index (χ3v) is 13.8. The van der Waals surface area contributed by atoms with E-state index < -0.39 is 27.3 Å². The van der Waals surface area contributed by atoms with Crippen LogP contribution in [0, 0.1) is 17.8 Å². The number of nitrogens with zero attached hydrogens (tertiary/aromatic N) is 1. The quantitative estimate of drug-likeness (QED) is 0.299. The van der Waals surface area contributed by atoms with Crippen molar-refractivity contribution in [3.63, 3.8) is 0 Å². The lowest BCUT2D eigenvalue weighted by molar-refractivity contribution is 0.0456. The van der Waals surface area contributed by atoms with Gasteiger partial charge in [-0.1, -0.05) is 42.8 Å². The van der Waals surface area contributed by atoms with E-state index in [1.807, 2.05) is 42.7 Å². The summed E-state index contributed by atoms with van der Waals surface area (Å²) in [5.74, 6) is 0.144. The molecule has 1 saturated carbocycles. The van der Waals surface area contributed by atoms with Gasteiger partial charge in [-0.2, -0.15) is 0 Å². The molecule has 2 bridgehead atoms. The molecule has 0 saturated heterocycles. The largest absolute Gasteiger partial charge is 0.490 e. The summed E-state index contributed by atoms with van der Waals surface area (Å²) in [4.78, 5) is 17.0. The van der Waals surface area contributed by atoms with E-state index in [1.165, 1.54) is 22.5 Å². The van der Waals surface area contributed by atoms with Crippen LogP contribution in [0.25, 0.3) is 0 Å². The van der Waals surface area contributed by atoms with Crippen molar-refractivity contribution in [2.24, 2.45) is 17.8 Å². The lowest BCUT2D eigenvalue weighted by Crippen LogP contribution is -2.49. The Kier molecular flexibility index (Phi) is 8.72. The molecule has 244 valence electrons. The lowest BCUT2D eigenvalue weighted by Gasteiger charge is -2.45. The molecule has 1 amide bonds. The van der Waals surface area contributed by atoms with Crippen molar-refractivity contribution >= 4 is 44.6 Å². The summed E-state index contributed by atoms with van der Waals surface area (Å²) < 4.78 is 36.7. The molecule has 1 spiro atoms. The number of nitrogens with one attached hydrogen (secondary N) is 1. The second-order valence-electron chi connectivity index (χ2n) is 13.7. The van der Waals surface area contributed by atoms with Crippen LogP contribution in [0.5, 0.6) is 5.75 Å². The number of allylic oxidation sites excluding steroid dienone is 1. The van der Waals surface area contributed by atoms with Gasteiger partial charge < -0.3 is 14.7 Å². The van der Waals surface area contributed by atoms with Crippen LogP contribution < -0.4 is 14.4 Å². The summed E-state index contributed by atoms with van der Waals surface area (Å²) in [6.07, 6.45) is 8.86. The summed E-state index contributed by atoms with van der Waals surface area (Å²) >= 11 is 7.92. The van der Waals surface area contributed by atoms with Crippen molar-refractivity contribution in [3.8, 4) is 5.75 Å². The predicted octanol–water partition coefficient (Wildman–Crippen LogP) is 6.53. The number of fused-ring (bicyclic) bond motifs is 4. The van der Waals surface area contributed by atoms with Gasteiger partial charge in [0.2, 0.25) is 10.0 Å². The molecule has 2 aromatic carbocycles. The Bertz CT molecular complexity index is 1740. The van der Waals surface area contributed by atoms with Gasteiger partial charge in [-0.15, -0.1) is 11.3 Å². The van der Waals surface area contributed by atoms with Gasteiger partial charge in [-0.05, 0) is 109 Å². The molecule has 7 nitrogen and oxygen atoms in total. The Hall–Kier alpha value is -2.85. The fraction of sp³-hybridized carbons (Fsp3) is 0.472. The maximum atomic E-state index is 13.9. The van der Waals surface area contributed by atoms with Gasteiger partial charge in [-0.3, -0.25) is 4.79 Å². The number of aryl methyl sites for hydroxylation is 1. The van der Waals surface area contributed by atoms with Crippen molar-refractivity contribution in [3.05, 3.63) is 92.7 Å². The van der Waals surface area contributed by atoms with E-state index in [1.54, 1.807) is 18.2 Å². The normalized spacial score (nSPS) is 31.4. The zero-order valence-electron chi connectivity index (χ0n) is 26.0. The van der Waals surface area contributed by atoms with Crippen molar-refractivity contribution in [2.75, 3.05) is 24.6 Å². The number of anilines is 1. The number of halogens is 1. The summed E-state index contributed by atoms with van der Waals surface area (Å²) in [7, 11) is -4.04. The highest BCUT2D eigenvalue weighted by atomic mass is 35.5. The summed E-state index contributed by atoms with van der Waals surface area (Å²) in [5.41, 5.74) is 3.30. The lowest BCUT2D eigenvalue weighted by atomic mass is 9.68. The zero-order chi connectivity index (χ0) is 32.1. The molecule has 7 rings (SSSR count). The third kappa shape index (κ3) is 6.12. The predicted molar refractivity (Wildman–Crippen MR) is 184 cm³/mol. The smallest absolute Gasteiger partial charge is 0.264 e. The number of thiophene rings is 1. The monoisotopic (exact) mass is 680 g/mol. The van der Waals surface area contributed by atoms with E-state index in [-0.39, 0.29) is 28.7 Å². The second kappa shape index (κ2) is 12.6. The maximum absolute atomic E-state index is 13.9. The number of ether oxygens (including phenoxy) is 1. The SMILES string of the molecule is C[C@@H]1C/C=C/[C@H](O)[C@@H]2CC[C@H]2CN2C[C@@]3(CCCc4cc(Cl)ccc43)COc3ccc(cc32)C(=O)NS(=O)(=O)[C@@H]1Cc1cccs1. The van der Waals surface area contributed by atoms with Crippen molar-refractivity contribution in [1.82, 2.24) is 4.72 Å². The number of carbonyl (C=O) groups excluding carboxylic acids is 1. The molecule has 0 radical (unpaired) electrons. The highest BCUT2D eigenvalue weighted by molar-refractivity contribution is 7.90. The number of carbonyl (C=O) groups is 1. The van der Waals surface area contributed by atoms with Gasteiger partial charge in [0.25, 0.3) is 5.91 Å². The summed E-state index contributed by atoms with van der Waals surface area (Å²) in [6.45, 7) is 3.79. The van der Waals surface area contributed by atoms with E-state index in [4.69, 9.17) is 16.3 Å². The van der Waals surface area contributed by atoms with E-state index in [9.17, 15) is 18.3 Å². The van der Waals surface area contributed by atoms with Crippen molar-refractivity contribution in [2.45, 2.75) is 68.6 Å². The zero-order valence-corrected chi connectivity index (χ0v) is 28.4. The number of sulfonamides is 1. The van der Waals surface area contributed by atoms with Crippen LogP contribution in [0.2, 0.25) is 5.02 Å². The first-order chi connectivity index (χ1) is 22.1. The van der Waals surface area contributed by atoms with Gasteiger partial charge in [0.1, 0.15) is 5.75 Å². The third-order valence-electron chi connectivity index (χ3n) is 10.8. The molecule has 1 fully saturated rings. The molecule has 6 atom stereocenters. The Morgan fingerprint density at radius 2 is 2.04 bits per heavy atom. The van der Waals surface area contributed by atoms with Crippen LogP contribution in [0.15, 0.2) is 66.1 Å². The number of hydrogen-bond acceptors (Lipinski definition) is 7. The van der Waals surface area contributed by atoms with Gasteiger partial charge in [0.15, 0.2) is 0 Å². The highest BCUT2D eigenvalue weighted by Gasteiger charge is 2.44. The Labute approximate surface area is 280 Å². The number of rotatable bonds is 2. The number of aliphatic hydroxyl groups is 1.